The summed E-state index contributed by atoms with van der Waals surface area (Å²) in [6.45, 7) is 3.74. The van der Waals surface area contributed by atoms with Crippen molar-refractivity contribution in [2.24, 2.45) is 0 Å². The predicted molar refractivity (Wildman–Crippen MR) is 60.3 cm³/mol. The van der Waals surface area contributed by atoms with E-state index < -0.39 is 11.6 Å². The van der Waals surface area contributed by atoms with Crippen molar-refractivity contribution >= 4 is 12.0 Å². The highest BCUT2D eigenvalue weighted by Crippen LogP contribution is 2.28. The largest absolute Gasteiger partial charge is 0.465 e. The van der Waals surface area contributed by atoms with Crippen molar-refractivity contribution in [3.05, 3.63) is 0 Å². The lowest BCUT2D eigenvalue weighted by atomic mass is 9.81. The molecule has 0 unspecified atom stereocenters. The van der Waals surface area contributed by atoms with Crippen molar-refractivity contribution in [3.8, 4) is 0 Å². The number of nitrogens with one attached hydrogen (secondary N) is 2. The number of amides is 2. The predicted octanol–water partition coefficient (Wildman–Crippen LogP) is 1.48. The fourth-order valence-electron chi connectivity index (χ4n) is 2.17. The van der Waals surface area contributed by atoms with Crippen molar-refractivity contribution in [2.75, 3.05) is 0 Å². The Morgan fingerprint density at radius 2 is 1.75 bits per heavy atom. The van der Waals surface area contributed by atoms with Crippen molar-refractivity contribution in [3.63, 3.8) is 0 Å². The van der Waals surface area contributed by atoms with Gasteiger partial charge in [0, 0.05) is 6.04 Å². The summed E-state index contributed by atoms with van der Waals surface area (Å²) in [5.41, 5.74) is -0.908. The highest BCUT2D eigenvalue weighted by atomic mass is 16.4. The summed E-state index contributed by atoms with van der Waals surface area (Å²) < 4.78 is 0. The van der Waals surface area contributed by atoms with Gasteiger partial charge in [0.25, 0.3) is 0 Å². The fourth-order valence-corrected chi connectivity index (χ4v) is 2.17. The molecule has 0 aliphatic heterocycles. The number of carbonyl (C=O) groups excluding carboxylic acids is 1. The van der Waals surface area contributed by atoms with Crippen molar-refractivity contribution < 1.29 is 14.7 Å². The molecule has 0 aromatic heterocycles. The summed E-state index contributed by atoms with van der Waals surface area (Å²) in [5.74, 6) is -0.190. The Morgan fingerprint density at radius 3 is 2.19 bits per heavy atom. The summed E-state index contributed by atoms with van der Waals surface area (Å²) in [7, 11) is 0. The molecule has 3 N–H and O–H groups in total. The fraction of sp³-hybridized carbons (Fsp3) is 0.818. The van der Waals surface area contributed by atoms with Crippen LogP contribution in [0.5, 0.6) is 0 Å². The molecular weight excluding hydrogens is 208 g/mol. The molecule has 0 heterocycles. The molecule has 2 amide bonds. The van der Waals surface area contributed by atoms with Crippen LogP contribution in [-0.2, 0) is 4.79 Å². The minimum Gasteiger partial charge on any atom is -0.465 e. The van der Waals surface area contributed by atoms with E-state index in [-0.39, 0.29) is 11.9 Å². The first-order valence-corrected chi connectivity index (χ1v) is 5.78. The minimum absolute atomic E-state index is 0.0295. The van der Waals surface area contributed by atoms with Crippen LogP contribution in [0.15, 0.2) is 0 Å². The Bertz CT molecular complexity index is 270. The van der Waals surface area contributed by atoms with E-state index in [1.54, 1.807) is 0 Å². The van der Waals surface area contributed by atoms with E-state index in [4.69, 9.17) is 5.11 Å². The first kappa shape index (κ1) is 12.8. The first-order chi connectivity index (χ1) is 7.46. The Kier molecular flexibility index (Phi) is 4.15. The third-order valence-electron chi connectivity index (χ3n) is 2.91. The zero-order chi connectivity index (χ0) is 12.2. The molecule has 5 nitrogen and oxygen atoms in total. The van der Waals surface area contributed by atoms with Gasteiger partial charge in [-0.15, -0.1) is 0 Å². The smallest absolute Gasteiger partial charge is 0.405 e. The second kappa shape index (κ2) is 5.18. The van der Waals surface area contributed by atoms with E-state index in [0.29, 0.717) is 12.8 Å². The molecule has 1 fully saturated rings. The van der Waals surface area contributed by atoms with Gasteiger partial charge in [-0.2, -0.15) is 0 Å². The topological polar surface area (TPSA) is 78.4 Å². The van der Waals surface area contributed by atoms with Gasteiger partial charge in [-0.1, -0.05) is 19.3 Å². The van der Waals surface area contributed by atoms with Gasteiger partial charge >= 0.3 is 6.09 Å². The number of carbonyl (C=O) groups is 2. The molecule has 0 spiro atoms. The molecule has 1 aliphatic carbocycles. The normalized spacial score (nSPS) is 19.2. The summed E-state index contributed by atoms with van der Waals surface area (Å²) in [4.78, 5) is 22.8. The molecule has 92 valence electrons. The molecule has 0 saturated heterocycles. The lowest BCUT2D eigenvalue weighted by Crippen LogP contribution is -2.60. The molecule has 5 heteroatoms. The number of hydrogen-bond donors (Lipinski definition) is 3. The van der Waals surface area contributed by atoms with Crippen molar-refractivity contribution in [2.45, 2.75) is 57.5 Å². The van der Waals surface area contributed by atoms with E-state index in [1.807, 2.05) is 13.8 Å². The molecule has 16 heavy (non-hydrogen) atoms. The van der Waals surface area contributed by atoms with Gasteiger partial charge in [0.1, 0.15) is 5.54 Å². The van der Waals surface area contributed by atoms with Gasteiger partial charge in [0.15, 0.2) is 0 Å². The van der Waals surface area contributed by atoms with E-state index in [9.17, 15) is 9.59 Å². The van der Waals surface area contributed by atoms with E-state index in [1.165, 1.54) is 0 Å². The third kappa shape index (κ3) is 3.12. The van der Waals surface area contributed by atoms with Crippen LogP contribution in [0.3, 0.4) is 0 Å². The van der Waals surface area contributed by atoms with Crippen LogP contribution in [0.25, 0.3) is 0 Å². The second-order valence-corrected chi connectivity index (χ2v) is 4.70. The van der Waals surface area contributed by atoms with Crippen molar-refractivity contribution in [1.29, 1.82) is 0 Å². The quantitative estimate of drug-likeness (QED) is 0.684. The van der Waals surface area contributed by atoms with E-state index in [2.05, 4.69) is 10.6 Å². The number of rotatable bonds is 3. The van der Waals surface area contributed by atoms with E-state index in [0.717, 1.165) is 19.3 Å². The van der Waals surface area contributed by atoms with Gasteiger partial charge in [-0.3, -0.25) is 4.79 Å². The molecule has 0 aromatic rings. The van der Waals surface area contributed by atoms with Gasteiger partial charge in [0.2, 0.25) is 5.91 Å². The Balaban J connectivity index is 2.76. The first-order valence-electron chi connectivity index (χ1n) is 5.78. The van der Waals surface area contributed by atoms with Gasteiger partial charge < -0.3 is 15.7 Å². The average Bonchev–Trinajstić information content (AvgIpc) is 2.16. The molecule has 0 aromatic carbocycles. The standard InChI is InChI=1S/C11H20N2O3/c1-8(2)12-9(14)11(13-10(15)16)6-4-3-5-7-11/h8,13H,3-7H2,1-2H3,(H,12,14)(H,15,16). The van der Waals surface area contributed by atoms with Gasteiger partial charge in [-0.25, -0.2) is 4.79 Å². The third-order valence-corrected chi connectivity index (χ3v) is 2.91. The highest BCUT2D eigenvalue weighted by Gasteiger charge is 2.40. The second-order valence-electron chi connectivity index (χ2n) is 4.70. The summed E-state index contributed by atoms with van der Waals surface area (Å²) in [5, 5.41) is 14.0. The molecule has 1 saturated carbocycles. The molecule has 0 radical (unpaired) electrons. The Labute approximate surface area is 95.6 Å². The van der Waals surface area contributed by atoms with Gasteiger partial charge in [-0.05, 0) is 26.7 Å². The monoisotopic (exact) mass is 228 g/mol. The molecule has 1 aliphatic rings. The maximum Gasteiger partial charge on any atom is 0.405 e. The van der Waals surface area contributed by atoms with Crippen LogP contribution >= 0.6 is 0 Å². The Hall–Kier alpha value is -1.26. The zero-order valence-electron chi connectivity index (χ0n) is 9.88. The van der Waals surface area contributed by atoms with Crippen LogP contribution in [-0.4, -0.2) is 28.7 Å². The zero-order valence-corrected chi connectivity index (χ0v) is 9.88. The average molecular weight is 228 g/mol. The maximum absolute atomic E-state index is 12.0. The van der Waals surface area contributed by atoms with Crippen LogP contribution in [0, 0.1) is 0 Å². The molecular formula is C11H20N2O3. The van der Waals surface area contributed by atoms with Crippen LogP contribution in [0.4, 0.5) is 4.79 Å². The van der Waals surface area contributed by atoms with Gasteiger partial charge in [0.05, 0.1) is 0 Å². The summed E-state index contributed by atoms with van der Waals surface area (Å²) in [6.07, 6.45) is 2.92. The SMILES string of the molecule is CC(C)NC(=O)C1(NC(=O)O)CCCCC1. The lowest BCUT2D eigenvalue weighted by Gasteiger charge is -2.36. The van der Waals surface area contributed by atoms with E-state index >= 15 is 0 Å². The van der Waals surface area contributed by atoms with Crippen LogP contribution < -0.4 is 10.6 Å². The maximum atomic E-state index is 12.0. The molecule has 0 atom stereocenters. The van der Waals surface area contributed by atoms with Crippen LogP contribution in [0.1, 0.15) is 46.0 Å². The molecule has 0 bridgehead atoms. The highest BCUT2D eigenvalue weighted by molar-refractivity contribution is 5.89. The minimum atomic E-state index is -1.12. The lowest BCUT2D eigenvalue weighted by molar-refractivity contribution is -0.129. The summed E-state index contributed by atoms with van der Waals surface area (Å²) >= 11 is 0. The summed E-state index contributed by atoms with van der Waals surface area (Å²) in [6, 6.07) is 0.0295. The number of carboxylic acid groups (broad SMARTS) is 1. The van der Waals surface area contributed by atoms with Crippen LogP contribution in [0.2, 0.25) is 0 Å². The molecule has 1 rings (SSSR count). The number of hydrogen-bond acceptors (Lipinski definition) is 2. The Morgan fingerprint density at radius 1 is 1.19 bits per heavy atom. The van der Waals surface area contributed by atoms with Crippen molar-refractivity contribution in [1.82, 2.24) is 10.6 Å².